The van der Waals surface area contributed by atoms with Gasteiger partial charge in [0.1, 0.15) is 11.5 Å². The van der Waals surface area contributed by atoms with Crippen LogP contribution in [0.2, 0.25) is 5.02 Å². The maximum atomic E-state index is 11.9. The van der Waals surface area contributed by atoms with Crippen molar-refractivity contribution >= 4 is 23.2 Å². The third-order valence-corrected chi connectivity index (χ3v) is 3.35. The molecule has 1 fully saturated rings. The zero-order valence-corrected chi connectivity index (χ0v) is 11.4. The van der Waals surface area contributed by atoms with E-state index in [1.807, 2.05) is 0 Å². The second kappa shape index (κ2) is 5.37. The summed E-state index contributed by atoms with van der Waals surface area (Å²) in [7, 11) is 3.02. The number of methoxy groups -OCH3 is 2. The second-order valence-electron chi connectivity index (χ2n) is 4.19. The van der Waals surface area contributed by atoms with Crippen molar-refractivity contribution in [1.29, 1.82) is 5.26 Å². The Bertz CT molecular complexity index is 554. The second-order valence-corrected chi connectivity index (χ2v) is 4.60. The third-order valence-electron chi connectivity index (χ3n) is 3.05. The summed E-state index contributed by atoms with van der Waals surface area (Å²) in [6.45, 7) is 0.356. The first-order valence-electron chi connectivity index (χ1n) is 5.72. The summed E-state index contributed by atoms with van der Waals surface area (Å²) < 4.78 is 10.4. The first kappa shape index (κ1) is 13.5. The summed E-state index contributed by atoms with van der Waals surface area (Å²) in [6.07, 6.45) is 0.225. The maximum Gasteiger partial charge on any atom is 0.228 e. The van der Waals surface area contributed by atoms with Crippen LogP contribution in [0.15, 0.2) is 12.1 Å². The molecule has 19 heavy (non-hydrogen) atoms. The monoisotopic (exact) mass is 280 g/mol. The first-order chi connectivity index (χ1) is 9.10. The predicted octanol–water partition coefficient (Wildman–Crippen LogP) is 2.23. The van der Waals surface area contributed by atoms with Gasteiger partial charge in [0.05, 0.1) is 36.9 Å². The van der Waals surface area contributed by atoms with E-state index in [1.165, 1.54) is 19.1 Å². The normalized spacial score (nSPS) is 18.3. The number of rotatable bonds is 3. The molecule has 0 spiro atoms. The van der Waals surface area contributed by atoms with Gasteiger partial charge in [-0.25, -0.2) is 0 Å². The minimum atomic E-state index is -0.293. The largest absolute Gasteiger partial charge is 0.495 e. The molecule has 1 aliphatic rings. The number of nitrogens with zero attached hydrogens (tertiary/aromatic N) is 2. The number of amides is 1. The van der Waals surface area contributed by atoms with Gasteiger partial charge in [-0.1, -0.05) is 11.6 Å². The molecule has 100 valence electrons. The van der Waals surface area contributed by atoms with E-state index >= 15 is 0 Å². The summed E-state index contributed by atoms with van der Waals surface area (Å²) in [6, 6.07) is 5.36. The van der Waals surface area contributed by atoms with Gasteiger partial charge in [0.15, 0.2) is 0 Å². The summed E-state index contributed by atoms with van der Waals surface area (Å²) in [4.78, 5) is 13.4. The standard InChI is InChI=1S/C13H13ClN2O3/c1-18-11-5-12(19-2)10(4-9(11)14)16-7-8(6-15)3-13(16)17/h4-5,8H,3,7H2,1-2H3. The number of carbonyl (C=O) groups excluding carboxylic acids is 1. The molecule has 1 aliphatic heterocycles. The zero-order chi connectivity index (χ0) is 14.0. The number of halogens is 1. The minimum Gasteiger partial charge on any atom is -0.495 e. The molecule has 0 aromatic heterocycles. The lowest BCUT2D eigenvalue weighted by molar-refractivity contribution is -0.117. The highest BCUT2D eigenvalue weighted by Gasteiger charge is 2.32. The maximum absolute atomic E-state index is 11.9. The first-order valence-corrected chi connectivity index (χ1v) is 6.10. The van der Waals surface area contributed by atoms with Crippen molar-refractivity contribution in [3.8, 4) is 17.6 Å². The van der Waals surface area contributed by atoms with Crippen LogP contribution in [0.3, 0.4) is 0 Å². The third kappa shape index (κ3) is 2.45. The molecule has 0 radical (unpaired) electrons. The van der Waals surface area contributed by atoms with Crippen molar-refractivity contribution < 1.29 is 14.3 Å². The Balaban J connectivity index is 2.42. The number of ether oxygens (including phenoxy) is 2. The SMILES string of the molecule is COc1cc(OC)c(N2CC(C#N)CC2=O)cc1Cl. The fourth-order valence-electron chi connectivity index (χ4n) is 2.08. The van der Waals surface area contributed by atoms with Crippen LogP contribution in [0.25, 0.3) is 0 Å². The number of anilines is 1. The Kier molecular flexibility index (Phi) is 3.82. The van der Waals surface area contributed by atoms with Crippen LogP contribution in [-0.4, -0.2) is 26.7 Å². The van der Waals surface area contributed by atoms with Crippen molar-refractivity contribution in [2.45, 2.75) is 6.42 Å². The van der Waals surface area contributed by atoms with Crippen LogP contribution in [0.4, 0.5) is 5.69 Å². The van der Waals surface area contributed by atoms with Crippen LogP contribution in [-0.2, 0) is 4.79 Å². The van der Waals surface area contributed by atoms with E-state index < -0.39 is 0 Å². The van der Waals surface area contributed by atoms with Gasteiger partial charge in [0.2, 0.25) is 5.91 Å². The van der Waals surface area contributed by atoms with E-state index in [4.69, 9.17) is 26.3 Å². The predicted molar refractivity (Wildman–Crippen MR) is 70.6 cm³/mol. The van der Waals surface area contributed by atoms with Crippen molar-refractivity contribution in [2.75, 3.05) is 25.7 Å². The molecule has 1 amide bonds. The zero-order valence-electron chi connectivity index (χ0n) is 10.6. The molecule has 1 aromatic rings. The number of hydrogen-bond acceptors (Lipinski definition) is 4. The summed E-state index contributed by atoms with van der Waals surface area (Å²) >= 11 is 6.07. The molecule has 1 heterocycles. The Morgan fingerprint density at radius 3 is 2.58 bits per heavy atom. The topological polar surface area (TPSA) is 62.6 Å². The highest BCUT2D eigenvalue weighted by Crippen LogP contribution is 2.40. The molecule has 0 N–H and O–H groups in total. The Labute approximate surface area is 116 Å². The lowest BCUT2D eigenvalue weighted by Gasteiger charge is -2.20. The van der Waals surface area contributed by atoms with Gasteiger partial charge >= 0.3 is 0 Å². The quantitative estimate of drug-likeness (QED) is 0.852. The van der Waals surface area contributed by atoms with Crippen LogP contribution in [0.5, 0.6) is 11.5 Å². The lowest BCUT2D eigenvalue weighted by atomic mass is 10.1. The summed E-state index contributed by atoms with van der Waals surface area (Å²) in [5.41, 5.74) is 0.566. The van der Waals surface area contributed by atoms with E-state index in [9.17, 15) is 4.79 Å². The molecule has 1 atom stereocenters. The van der Waals surface area contributed by atoms with Crippen molar-refractivity contribution in [3.05, 3.63) is 17.2 Å². The van der Waals surface area contributed by atoms with Crippen LogP contribution in [0.1, 0.15) is 6.42 Å². The van der Waals surface area contributed by atoms with E-state index in [2.05, 4.69) is 6.07 Å². The van der Waals surface area contributed by atoms with Gasteiger partial charge in [0.25, 0.3) is 0 Å². The Hall–Kier alpha value is -1.93. The molecule has 2 rings (SSSR count). The van der Waals surface area contributed by atoms with E-state index in [0.717, 1.165) is 0 Å². The molecule has 1 saturated heterocycles. The highest BCUT2D eigenvalue weighted by atomic mass is 35.5. The van der Waals surface area contributed by atoms with E-state index in [1.54, 1.807) is 12.1 Å². The molecule has 0 aliphatic carbocycles. The van der Waals surface area contributed by atoms with Crippen LogP contribution in [0, 0.1) is 17.2 Å². The minimum absolute atomic E-state index is 0.105. The number of hydrogen-bond donors (Lipinski definition) is 0. The van der Waals surface area contributed by atoms with Gasteiger partial charge in [-0.3, -0.25) is 4.79 Å². The van der Waals surface area contributed by atoms with Crippen molar-refractivity contribution in [1.82, 2.24) is 0 Å². The van der Waals surface area contributed by atoms with Gasteiger partial charge in [-0.05, 0) is 6.07 Å². The van der Waals surface area contributed by atoms with Gasteiger partial charge < -0.3 is 14.4 Å². The van der Waals surface area contributed by atoms with Crippen molar-refractivity contribution in [3.63, 3.8) is 0 Å². The molecule has 1 unspecified atom stereocenters. The molecule has 5 nitrogen and oxygen atoms in total. The van der Waals surface area contributed by atoms with Gasteiger partial charge in [0, 0.05) is 19.0 Å². The van der Waals surface area contributed by atoms with Gasteiger partial charge in [-0.15, -0.1) is 0 Å². The summed E-state index contributed by atoms with van der Waals surface area (Å²) in [5, 5.41) is 9.30. The fourth-order valence-corrected chi connectivity index (χ4v) is 2.32. The van der Waals surface area contributed by atoms with Crippen molar-refractivity contribution in [2.24, 2.45) is 5.92 Å². The molecule has 0 bridgehead atoms. The molecule has 1 aromatic carbocycles. The number of nitriles is 1. The average Bonchev–Trinajstić information content (AvgIpc) is 2.79. The van der Waals surface area contributed by atoms with E-state index in [0.29, 0.717) is 28.8 Å². The molecular formula is C13H13ClN2O3. The molecule has 0 saturated carbocycles. The highest BCUT2D eigenvalue weighted by molar-refractivity contribution is 6.32. The average molecular weight is 281 g/mol. The molecular weight excluding hydrogens is 268 g/mol. The smallest absolute Gasteiger partial charge is 0.228 e. The molecule has 6 heteroatoms. The number of benzene rings is 1. The number of carbonyl (C=O) groups is 1. The Morgan fingerprint density at radius 1 is 1.37 bits per heavy atom. The van der Waals surface area contributed by atoms with Gasteiger partial charge in [-0.2, -0.15) is 5.26 Å². The lowest BCUT2D eigenvalue weighted by Crippen LogP contribution is -2.25. The van der Waals surface area contributed by atoms with Crippen LogP contribution >= 0.6 is 11.6 Å². The van der Waals surface area contributed by atoms with Crippen LogP contribution < -0.4 is 14.4 Å². The fraction of sp³-hybridized carbons (Fsp3) is 0.385. The Morgan fingerprint density at radius 2 is 2.05 bits per heavy atom. The summed E-state index contributed by atoms with van der Waals surface area (Å²) in [5.74, 6) is 0.572. The van der Waals surface area contributed by atoms with E-state index in [-0.39, 0.29) is 18.2 Å².